The largest absolute Gasteiger partial charge is 0.494 e. The minimum atomic E-state index is -1.84. The van der Waals surface area contributed by atoms with Crippen LogP contribution < -0.4 is 4.74 Å². The molecule has 2 fully saturated rings. The Hall–Kier alpha value is -1.93. The number of aliphatic hydroxyl groups excluding tert-OH is 4. The monoisotopic (exact) mass is 532 g/mol. The molecular formula is C27H33ClO7Si. The van der Waals surface area contributed by atoms with Crippen LogP contribution in [-0.2, 0) is 21.7 Å². The molecule has 0 aliphatic carbocycles. The molecular weight excluding hydrogens is 500 g/mol. The van der Waals surface area contributed by atoms with Crippen molar-refractivity contribution in [2.75, 3.05) is 13.2 Å². The minimum Gasteiger partial charge on any atom is -0.494 e. The van der Waals surface area contributed by atoms with Crippen molar-refractivity contribution in [1.82, 2.24) is 0 Å². The Morgan fingerprint density at radius 1 is 1.11 bits per heavy atom. The molecule has 2 aromatic rings. The van der Waals surface area contributed by atoms with Crippen LogP contribution >= 0.6 is 11.6 Å². The zero-order chi connectivity index (χ0) is 26.3. The lowest BCUT2D eigenvalue weighted by Gasteiger charge is -2.47. The first-order chi connectivity index (χ1) is 16.9. The average molecular weight is 533 g/mol. The lowest BCUT2D eigenvalue weighted by atomic mass is 9.80. The van der Waals surface area contributed by atoms with Gasteiger partial charge >= 0.3 is 0 Å². The highest BCUT2D eigenvalue weighted by Gasteiger charge is 2.69. The van der Waals surface area contributed by atoms with Gasteiger partial charge in [0.25, 0.3) is 0 Å². The maximum absolute atomic E-state index is 11.0. The zero-order valence-corrected chi connectivity index (χ0v) is 22.6. The van der Waals surface area contributed by atoms with Crippen molar-refractivity contribution in [2.45, 2.75) is 68.8 Å². The van der Waals surface area contributed by atoms with E-state index in [4.69, 9.17) is 25.8 Å². The van der Waals surface area contributed by atoms with Crippen molar-refractivity contribution in [3.05, 3.63) is 64.2 Å². The summed E-state index contributed by atoms with van der Waals surface area (Å²) in [7, 11) is -1.84. The van der Waals surface area contributed by atoms with Crippen LogP contribution in [0.5, 0.6) is 5.75 Å². The van der Waals surface area contributed by atoms with E-state index >= 15 is 0 Å². The Bertz CT molecular complexity index is 1160. The molecule has 2 aromatic carbocycles. The highest BCUT2D eigenvalue weighted by molar-refractivity contribution is 6.83. The number of ether oxygens (including phenoxy) is 3. The van der Waals surface area contributed by atoms with Gasteiger partial charge in [0.1, 0.15) is 38.2 Å². The van der Waals surface area contributed by atoms with E-state index in [0.717, 1.165) is 16.9 Å². The Balaban J connectivity index is 1.68. The molecule has 2 bridgehead atoms. The van der Waals surface area contributed by atoms with E-state index in [9.17, 15) is 20.4 Å². The Labute approximate surface area is 217 Å². The number of aliphatic hydroxyl groups is 4. The summed E-state index contributed by atoms with van der Waals surface area (Å²) in [4.78, 5) is 0. The predicted molar refractivity (Wildman–Crippen MR) is 138 cm³/mol. The molecule has 194 valence electrons. The summed E-state index contributed by atoms with van der Waals surface area (Å²) in [6.07, 6.45) is -5.79. The van der Waals surface area contributed by atoms with E-state index < -0.39 is 43.9 Å². The quantitative estimate of drug-likeness (QED) is 0.334. The van der Waals surface area contributed by atoms with Gasteiger partial charge in [-0.25, -0.2) is 0 Å². The Morgan fingerprint density at radius 2 is 1.81 bits per heavy atom. The van der Waals surface area contributed by atoms with Crippen molar-refractivity contribution in [2.24, 2.45) is 0 Å². The number of rotatable bonds is 6. The smallest absolute Gasteiger partial charge is 0.225 e. The van der Waals surface area contributed by atoms with Gasteiger partial charge < -0.3 is 34.6 Å². The first kappa shape index (κ1) is 27.1. The normalized spacial score (nSPS) is 30.4. The van der Waals surface area contributed by atoms with Gasteiger partial charge in [-0.05, 0) is 48.7 Å². The lowest BCUT2D eigenvalue weighted by molar-refractivity contribution is -0.334. The van der Waals surface area contributed by atoms with Gasteiger partial charge in [0.05, 0.1) is 13.2 Å². The van der Waals surface area contributed by atoms with E-state index in [1.54, 1.807) is 18.2 Å². The van der Waals surface area contributed by atoms with Crippen LogP contribution in [0, 0.1) is 11.5 Å². The molecule has 2 aliphatic heterocycles. The number of benzene rings is 2. The summed E-state index contributed by atoms with van der Waals surface area (Å²) in [6, 6.07) is 12.7. The van der Waals surface area contributed by atoms with Gasteiger partial charge in [-0.3, -0.25) is 0 Å². The SMILES string of the molecule is CCOc1ccc(Cc2cc([C@]34OC[C@@](C(O)C#C[Si](C)(C)C)(O3)[C@@H](O)[C@H](O)[C@H]4O)ccc2Cl)cc1. The van der Waals surface area contributed by atoms with Crippen LogP contribution in [-0.4, -0.2) is 71.7 Å². The molecule has 0 spiro atoms. The van der Waals surface area contributed by atoms with Crippen LogP contribution in [0.4, 0.5) is 0 Å². The average Bonchev–Trinajstić information content (AvgIpc) is 3.23. The molecule has 4 N–H and O–H groups in total. The summed E-state index contributed by atoms with van der Waals surface area (Å²) in [6.45, 7) is 8.31. The van der Waals surface area contributed by atoms with Crippen molar-refractivity contribution >= 4 is 19.7 Å². The number of hydrogen-bond donors (Lipinski definition) is 4. The fourth-order valence-corrected chi connectivity index (χ4v) is 5.33. The molecule has 4 rings (SSSR count). The molecule has 6 atom stereocenters. The van der Waals surface area contributed by atoms with E-state index in [-0.39, 0.29) is 6.61 Å². The fraction of sp³-hybridized carbons (Fsp3) is 0.481. The second-order valence-corrected chi connectivity index (χ2v) is 15.5. The van der Waals surface area contributed by atoms with Crippen LogP contribution in [0.1, 0.15) is 23.6 Å². The van der Waals surface area contributed by atoms with Crippen LogP contribution in [0.3, 0.4) is 0 Å². The summed E-state index contributed by atoms with van der Waals surface area (Å²) in [5.41, 5.74) is 3.51. The molecule has 2 saturated heterocycles. The van der Waals surface area contributed by atoms with E-state index in [1.165, 1.54) is 0 Å². The third-order valence-corrected chi connectivity index (χ3v) is 7.78. The second kappa shape index (κ2) is 10.1. The molecule has 0 radical (unpaired) electrons. The van der Waals surface area contributed by atoms with Crippen LogP contribution in [0.25, 0.3) is 0 Å². The van der Waals surface area contributed by atoms with E-state index in [2.05, 4.69) is 11.5 Å². The molecule has 2 aliphatic rings. The first-order valence-corrected chi connectivity index (χ1v) is 15.9. The minimum absolute atomic E-state index is 0.263. The standard InChI is InChI=1S/C27H33ClO7Si/c1-5-33-20-9-6-17(7-10-20)14-18-15-19(8-11-21(18)28)27-25(32)23(30)24(31)26(35-27,16-34-27)22(29)12-13-36(2,3)4/h6-11,15,22-25,29-32H,5,14,16H2,1-4H3/t22?,23-,24-,25+,26-,27-/m0/s1. The third kappa shape index (κ3) is 4.95. The molecule has 36 heavy (non-hydrogen) atoms. The molecule has 0 saturated carbocycles. The molecule has 1 unspecified atom stereocenters. The van der Waals surface area contributed by atoms with Crippen molar-refractivity contribution in [3.63, 3.8) is 0 Å². The van der Waals surface area contributed by atoms with Gasteiger partial charge in [-0.15, -0.1) is 5.54 Å². The predicted octanol–water partition coefficient (Wildman–Crippen LogP) is 2.61. The highest BCUT2D eigenvalue weighted by Crippen LogP contribution is 2.51. The van der Waals surface area contributed by atoms with E-state index in [1.807, 2.05) is 50.8 Å². The van der Waals surface area contributed by atoms with Gasteiger partial charge in [0, 0.05) is 10.6 Å². The van der Waals surface area contributed by atoms with Gasteiger partial charge in [-0.2, -0.15) is 0 Å². The second-order valence-electron chi connectivity index (χ2n) is 10.4. The number of hydrogen-bond acceptors (Lipinski definition) is 7. The third-order valence-electron chi connectivity index (χ3n) is 6.51. The first-order valence-electron chi connectivity index (χ1n) is 12.0. The molecule has 2 heterocycles. The summed E-state index contributed by atoms with van der Waals surface area (Å²) in [5, 5.41) is 44.1. The summed E-state index contributed by atoms with van der Waals surface area (Å²) < 4.78 is 17.7. The Kier molecular flexibility index (Phi) is 7.59. The lowest BCUT2D eigenvalue weighted by Crippen LogP contribution is -2.67. The molecule has 9 heteroatoms. The van der Waals surface area contributed by atoms with Crippen molar-refractivity contribution < 1.29 is 34.6 Å². The van der Waals surface area contributed by atoms with Crippen molar-refractivity contribution in [1.29, 1.82) is 0 Å². The van der Waals surface area contributed by atoms with Gasteiger partial charge in [-0.1, -0.05) is 55.4 Å². The topological polar surface area (TPSA) is 109 Å². The van der Waals surface area contributed by atoms with Crippen LogP contribution in [0.15, 0.2) is 42.5 Å². The Morgan fingerprint density at radius 3 is 2.44 bits per heavy atom. The number of halogens is 1. The zero-order valence-electron chi connectivity index (χ0n) is 20.9. The molecule has 0 aromatic heterocycles. The van der Waals surface area contributed by atoms with Gasteiger partial charge in [0.15, 0.2) is 5.60 Å². The van der Waals surface area contributed by atoms with Crippen LogP contribution in [0.2, 0.25) is 24.7 Å². The summed E-state index contributed by atoms with van der Waals surface area (Å²) in [5.74, 6) is 1.76. The fourth-order valence-electron chi connectivity index (χ4n) is 4.57. The maximum atomic E-state index is 11.0. The highest BCUT2D eigenvalue weighted by atomic mass is 35.5. The maximum Gasteiger partial charge on any atom is 0.225 e. The van der Waals surface area contributed by atoms with Crippen molar-refractivity contribution in [3.8, 4) is 17.2 Å². The van der Waals surface area contributed by atoms with E-state index in [0.29, 0.717) is 23.6 Å². The van der Waals surface area contributed by atoms with Gasteiger partial charge in [0.2, 0.25) is 5.79 Å². The summed E-state index contributed by atoms with van der Waals surface area (Å²) >= 11 is 6.50. The number of fused-ring (bicyclic) bond motifs is 2. The molecule has 0 amide bonds. The molecule has 7 nitrogen and oxygen atoms in total.